The maximum Gasteiger partial charge on any atom is 0.257 e. The Morgan fingerprint density at radius 2 is 1.89 bits per heavy atom. The lowest BCUT2D eigenvalue weighted by Crippen LogP contribution is -2.38. The summed E-state index contributed by atoms with van der Waals surface area (Å²) in [7, 11) is 0. The average Bonchev–Trinajstić information content (AvgIpc) is 2.70. The molecule has 3 aromatic rings. The molecule has 27 heavy (non-hydrogen) atoms. The lowest BCUT2D eigenvalue weighted by atomic mass is 10.1. The zero-order valence-corrected chi connectivity index (χ0v) is 17.6. The third-order valence-corrected chi connectivity index (χ3v) is 6.18. The minimum atomic E-state index is 0.00397. The van der Waals surface area contributed by atoms with E-state index in [1.807, 2.05) is 59.1 Å². The van der Waals surface area contributed by atoms with Gasteiger partial charge in [-0.3, -0.25) is 9.78 Å². The number of carbonyl (C=O) groups is 1. The number of hydrogen-bond acceptors (Lipinski definition) is 4. The van der Waals surface area contributed by atoms with E-state index in [-0.39, 0.29) is 5.91 Å². The molecule has 0 saturated carbocycles. The molecule has 1 aliphatic heterocycles. The number of nitrogens with zero attached hydrogens (tertiary/aromatic N) is 2. The Kier molecular flexibility index (Phi) is 5.57. The van der Waals surface area contributed by atoms with Crippen molar-refractivity contribution < 1.29 is 4.79 Å². The summed E-state index contributed by atoms with van der Waals surface area (Å²) in [5, 5.41) is 4.87. The number of pyridine rings is 1. The van der Waals surface area contributed by atoms with Crippen molar-refractivity contribution in [2.45, 2.75) is 0 Å². The summed E-state index contributed by atoms with van der Waals surface area (Å²) in [4.78, 5) is 19.6. The number of benzene rings is 2. The minimum absolute atomic E-state index is 0.00397. The molecule has 1 saturated heterocycles. The number of carbonyl (C=O) groups excluding carboxylic acids is 1. The minimum Gasteiger partial charge on any atom is -0.354 e. The molecule has 2 aromatic carbocycles. The lowest BCUT2D eigenvalue weighted by molar-refractivity contribution is 0.0773. The highest BCUT2D eigenvalue weighted by Crippen LogP contribution is 2.32. The number of anilines is 2. The SMILES string of the molecule is O=C(c1cnc2ccc(Cl)cc2c1Nc1ccc(Br)cc1)N1CCSCC1. The number of nitrogens with one attached hydrogen (secondary N) is 1. The number of fused-ring (bicyclic) bond motifs is 1. The van der Waals surface area contributed by atoms with Gasteiger partial charge in [0.2, 0.25) is 0 Å². The monoisotopic (exact) mass is 461 g/mol. The van der Waals surface area contributed by atoms with Crippen LogP contribution < -0.4 is 5.32 Å². The molecule has 0 bridgehead atoms. The third-order valence-electron chi connectivity index (χ3n) is 4.47. The highest BCUT2D eigenvalue weighted by Gasteiger charge is 2.23. The summed E-state index contributed by atoms with van der Waals surface area (Å²) in [6.45, 7) is 1.52. The fourth-order valence-corrected chi connectivity index (χ4v) is 4.42. The molecular formula is C20H17BrClN3OS. The normalized spacial score (nSPS) is 14.4. The summed E-state index contributed by atoms with van der Waals surface area (Å²) in [5.74, 6) is 1.94. The number of halogens is 2. The van der Waals surface area contributed by atoms with E-state index in [0.717, 1.165) is 51.3 Å². The fraction of sp³-hybridized carbons (Fsp3) is 0.200. The van der Waals surface area contributed by atoms with E-state index in [9.17, 15) is 4.79 Å². The maximum absolute atomic E-state index is 13.2. The Hall–Kier alpha value is -1.76. The summed E-state index contributed by atoms with van der Waals surface area (Å²) in [6.07, 6.45) is 1.67. The molecule has 1 aliphatic rings. The molecule has 0 atom stereocenters. The van der Waals surface area contributed by atoms with Crippen LogP contribution in [0.15, 0.2) is 53.1 Å². The van der Waals surface area contributed by atoms with Gasteiger partial charge in [-0.25, -0.2) is 0 Å². The highest BCUT2D eigenvalue weighted by molar-refractivity contribution is 9.10. The third kappa shape index (κ3) is 4.08. The summed E-state index contributed by atoms with van der Waals surface area (Å²) in [6, 6.07) is 13.4. The molecule has 4 nitrogen and oxygen atoms in total. The molecule has 1 fully saturated rings. The number of aromatic nitrogens is 1. The van der Waals surface area contributed by atoms with Crippen molar-refractivity contribution in [1.82, 2.24) is 9.88 Å². The molecular weight excluding hydrogens is 446 g/mol. The van der Waals surface area contributed by atoms with Crippen molar-refractivity contribution in [3.05, 3.63) is 63.7 Å². The van der Waals surface area contributed by atoms with Crippen LogP contribution in [0, 0.1) is 0 Å². The predicted molar refractivity (Wildman–Crippen MR) is 117 cm³/mol. The number of amides is 1. The van der Waals surface area contributed by atoms with E-state index >= 15 is 0 Å². The molecule has 138 valence electrons. The van der Waals surface area contributed by atoms with Crippen LogP contribution in [-0.4, -0.2) is 40.4 Å². The van der Waals surface area contributed by atoms with E-state index < -0.39 is 0 Å². The van der Waals surface area contributed by atoms with Gasteiger partial charge in [0.15, 0.2) is 0 Å². The van der Waals surface area contributed by atoms with Gasteiger partial charge in [-0.2, -0.15) is 11.8 Å². The molecule has 0 radical (unpaired) electrons. The van der Waals surface area contributed by atoms with E-state index in [1.165, 1.54) is 0 Å². The number of hydrogen-bond donors (Lipinski definition) is 1. The van der Waals surface area contributed by atoms with Crippen molar-refractivity contribution in [2.24, 2.45) is 0 Å². The van der Waals surface area contributed by atoms with Crippen LogP contribution in [-0.2, 0) is 0 Å². The Morgan fingerprint density at radius 1 is 1.15 bits per heavy atom. The van der Waals surface area contributed by atoms with Gasteiger partial charge in [0.1, 0.15) is 0 Å². The molecule has 1 N–H and O–H groups in total. The molecule has 0 aliphatic carbocycles. The quantitative estimate of drug-likeness (QED) is 0.551. The van der Waals surface area contributed by atoms with Crippen LogP contribution in [0.25, 0.3) is 10.9 Å². The van der Waals surface area contributed by atoms with Crippen molar-refractivity contribution in [3.63, 3.8) is 0 Å². The van der Waals surface area contributed by atoms with Gasteiger partial charge < -0.3 is 10.2 Å². The fourth-order valence-electron chi connectivity index (χ4n) is 3.08. The molecule has 4 rings (SSSR count). The second kappa shape index (κ2) is 8.09. The second-order valence-corrected chi connectivity index (χ2v) is 8.82. The first kappa shape index (κ1) is 18.6. The maximum atomic E-state index is 13.2. The Balaban J connectivity index is 1.81. The summed E-state index contributed by atoms with van der Waals surface area (Å²) >= 11 is 11.6. The van der Waals surface area contributed by atoms with Crippen molar-refractivity contribution >= 4 is 67.5 Å². The zero-order valence-electron chi connectivity index (χ0n) is 14.4. The highest BCUT2D eigenvalue weighted by atomic mass is 79.9. The van der Waals surface area contributed by atoms with Gasteiger partial charge in [0, 0.05) is 51.4 Å². The van der Waals surface area contributed by atoms with Crippen LogP contribution in [0.4, 0.5) is 11.4 Å². The lowest BCUT2D eigenvalue weighted by Gasteiger charge is -2.27. The van der Waals surface area contributed by atoms with Gasteiger partial charge in [-0.1, -0.05) is 27.5 Å². The second-order valence-electron chi connectivity index (χ2n) is 6.24. The molecule has 0 unspecified atom stereocenters. The first-order valence-electron chi connectivity index (χ1n) is 8.60. The van der Waals surface area contributed by atoms with Crippen LogP contribution in [0.3, 0.4) is 0 Å². The molecule has 1 aromatic heterocycles. The van der Waals surface area contributed by atoms with Gasteiger partial charge >= 0.3 is 0 Å². The predicted octanol–water partition coefficient (Wildman–Crippen LogP) is 5.58. The summed E-state index contributed by atoms with van der Waals surface area (Å²) in [5.41, 5.74) is 3.01. The largest absolute Gasteiger partial charge is 0.354 e. The molecule has 1 amide bonds. The Bertz CT molecular complexity index is 990. The Morgan fingerprint density at radius 3 is 2.63 bits per heavy atom. The van der Waals surface area contributed by atoms with Crippen molar-refractivity contribution in [1.29, 1.82) is 0 Å². The summed E-state index contributed by atoms with van der Waals surface area (Å²) < 4.78 is 0.998. The van der Waals surface area contributed by atoms with Crippen LogP contribution in [0.5, 0.6) is 0 Å². The van der Waals surface area contributed by atoms with Gasteiger partial charge in [0.25, 0.3) is 5.91 Å². The van der Waals surface area contributed by atoms with Gasteiger partial charge in [-0.15, -0.1) is 0 Å². The zero-order chi connectivity index (χ0) is 18.8. The van der Waals surface area contributed by atoms with Crippen LogP contribution in [0.2, 0.25) is 5.02 Å². The van der Waals surface area contributed by atoms with Gasteiger partial charge in [0.05, 0.1) is 16.8 Å². The van der Waals surface area contributed by atoms with E-state index in [4.69, 9.17) is 11.6 Å². The van der Waals surface area contributed by atoms with Crippen molar-refractivity contribution in [3.8, 4) is 0 Å². The number of thioether (sulfide) groups is 1. The smallest absolute Gasteiger partial charge is 0.257 e. The van der Waals surface area contributed by atoms with E-state index in [1.54, 1.807) is 6.20 Å². The first-order chi connectivity index (χ1) is 13.1. The molecule has 2 heterocycles. The van der Waals surface area contributed by atoms with Crippen LogP contribution in [0.1, 0.15) is 10.4 Å². The Labute approximate surface area is 175 Å². The topological polar surface area (TPSA) is 45.2 Å². The molecule has 7 heteroatoms. The average molecular weight is 463 g/mol. The first-order valence-corrected chi connectivity index (χ1v) is 10.9. The van der Waals surface area contributed by atoms with E-state index in [0.29, 0.717) is 10.6 Å². The van der Waals surface area contributed by atoms with Crippen molar-refractivity contribution in [2.75, 3.05) is 29.9 Å². The number of rotatable bonds is 3. The molecule has 0 spiro atoms. The van der Waals surface area contributed by atoms with Crippen LogP contribution >= 0.6 is 39.3 Å². The standard InChI is InChI=1S/C20H17BrClN3OS/c21-13-1-4-15(5-2-13)24-19-16-11-14(22)3-6-18(16)23-12-17(19)20(26)25-7-9-27-10-8-25/h1-6,11-12H,7-10H2,(H,23,24). The van der Waals surface area contributed by atoms with E-state index in [2.05, 4.69) is 26.2 Å². The van der Waals surface area contributed by atoms with Gasteiger partial charge in [-0.05, 0) is 42.5 Å².